The molecule has 0 bridgehead atoms. The van der Waals surface area contributed by atoms with Crippen molar-refractivity contribution in [1.29, 1.82) is 0 Å². The molecule has 7 aromatic carbocycles. The average Bonchev–Trinajstić information content (AvgIpc) is 3.50. The van der Waals surface area contributed by atoms with Crippen LogP contribution in [0.1, 0.15) is 0 Å². The van der Waals surface area contributed by atoms with Gasteiger partial charge in [-0.3, -0.25) is 0 Å². The minimum Gasteiger partial charge on any atom is -0.455 e. The minimum absolute atomic E-state index is 0.575. The van der Waals surface area contributed by atoms with Gasteiger partial charge in [-0.2, -0.15) is 0 Å². The SMILES string of the molecule is c1ccc(-c2ccc3c(c2)cc(-c2nc(-c4ccccc4)nc(-c4cccc5c4oc4ccccc45)n2)c2ccccc23)cc1. The van der Waals surface area contributed by atoms with Crippen LogP contribution in [0, 0.1) is 0 Å². The maximum absolute atomic E-state index is 6.41. The quantitative estimate of drug-likeness (QED) is 0.196. The highest BCUT2D eigenvalue weighted by Crippen LogP contribution is 2.38. The van der Waals surface area contributed by atoms with Gasteiger partial charge in [0.05, 0.1) is 5.56 Å². The summed E-state index contributed by atoms with van der Waals surface area (Å²) in [6.45, 7) is 0. The summed E-state index contributed by atoms with van der Waals surface area (Å²) in [5, 5.41) is 6.69. The molecule has 0 saturated heterocycles. The summed E-state index contributed by atoms with van der Waals surface area (Å²) in [6, 6.07) is 52.3. The van der Waals surface area contributed by atoms with Gasteiger partial charge in [0.1, 0.15) is 11.2 Å². The number of hydrogen-bond donors (Lipinski definition) is 0. The molecule has 9 rings (SSSR count). The molecule has 0 spiro atoms. The van der Waals surface area contributed by atoms with Crippen LogP contribution in [0.5, 0.6) is 0 Å². The van der Waals surface area contributed by atoms with Crippen LogP contribution in [-0.4, -0.2) is 15.0 Å². The molecule has 0 amide bonds. The molecule has 0 aliphatic carbocycles. The predicted octanol–water partition coefficient (Wildman–Crippen LogP) is 10.7. The van der Waals surface area contributed by atoms with E-state index < -0.39 is 0 Å². The van der Waals surface area contributed by atoms with E-state index in [1.165, 1.54) is 16.5 Å². The highest BCUT2D eigenvalue weighted by atomic mass is 16.3. The molecule has 2 heterocycles. The monoisotopic (exact) mass is 575 g/mol. The molecule has 0 atom stereocenters. The summed E-state index contributed by atoms with van der Waals surface area (Å²) >= 11 is 0. The third kappa shape index (κ3) is 4.27. The van der Waals surface area contributed by atoms with Crippen LogP contribution in [0.2, 0.25) is 0 Å². The fraction of sp³-hybridized carbons (Fsp3) is 0. The number of para-hydroxylation sites is 2. The van der Waals surface area contributed by atoms with E-state index in [-0.39, 0.29) is 0 Å². The van der Waals surface area contributed by atoms with Crippen molar-refractivity contribution in [1.82, 2.24) is 15.0 Å². The molecule has 0 aliphatic rings. The zero-order valence-corrected chi connectivity index (χ0v) is 24.2. The topological polar surface area (TPSA) is 51.8 Å². The second kappa shape index (κ2) is 10.2. The van der Waals surface area contributed by atoms with Crippen LogP contribution < -0.4 is 0 Å². The summed E-state index contributed by atoms with van der Waals surface area (Å²) in [5.41, 5.74) is 6.68. The molecule has 4 heteroatoms. The van der Waals surface area contributed by atoms with E-state index in [4.69, 9.17) is 19.4 Å². The van der Waals surface area contributed by atoms with E-state index in [0.717, 1.165) is 54.8 Å². The standard InChI is InChI=1S/C41H25N3O/c1-3-12-26(13-4-1)28-22-23-30-29(24-28)25-36(32-17-8-7-16-31(30)32)41-43-39(27-14-5-2-6-15-27)42-40(44-41)35-20-11-19-34-33-18-9-10-21-37(33)45-38(34)35/h1-25H. The molecule has 0 saturated carbocycles. The van der Waals surface area contributed by atoms with Crippen molar-refractivity contribution in [2.75, 3.05) is 0 Å². The Labute approximate surface area is 259 Å². The lowest BCUT2D eigenvalue weighted by Crippen LogP contribution is -2.01. The number of rotatable bonds is 4. The van der Waals surface area contributed by atoms with E-state index in [2.05, 4.69) is 84.9 Å². The highest BCUT2D eigenvalue weighted by Gasteiger charge is 2.19. The third-order valence-electron chi connectivity index (χ3n) is 8.52. The molecule has 210 valence electrons. The Morgan fingerprint density at radius 2 is 0.978 bits per heavy atom. The number of hydrogen-bond acceptors (Lipinski definition) is 4. The number of furan rings is 1. The molecule has 45 heavy (non-hydrogen) atoms. The Morgan fingerprint density at radius 1 is 0.356 bits per heavy atom. The summed E-state index contributed by atoms with van der Waals surface area (Å²) in [5.74, 6) is 1.81. The molecule has 0 radical (unpaired) electrons. The third-order valence-corrected chi connectivity index (χ3v) is 8.52. The van der Waals surface area contributed by atoms with E-state index in [1.807, 2.05) is 66.7 Å². The van der Waals surface area contributed by atoms with E-state index in [9.17, 15) is 0 Å². The molecular formula is C41H25N3O. The number of benzene rings is 7. The molecule has 0 unspecified atom stereocenters. The van der Waals surface area contributed by atoms with Crippen LogP contribution in [0.25, 0.3) is 88.8 Å². The Balaban J connectivity index is 1.33. The van der Waals surface area contributed by atoms with Crippen molar-refractivity contribution < 1.29 is 4.42 Å². The molecule has 0 fully saturated rings. The number of fused-ring (bicyclic) bond motifs is 6. The summed E-state index contributed by atoms with van der Waals surface area (Å²) in [6.07, 6.45) is 0. The molecular weight excluding hydrogens is 550 g/mol. The normalized spacial score (nSPS) is 11.6. The zero-order chi connectivity index (χ0) is 29.7. The lowest BCUT2D eigenvalue weighted by Gasteiger charge is -2.13. The summed E-state index contributed by atoms with van der Waals surface area (Å²) < 4.78 is 6.41. The Bertz CT molecular complexity index is 2540. The molecule has 4 nitrogen and oxygen atoms in total. The van der Waals surface area contributed by atoms with Crippen LogP contribution in [0.3, 0.4) is 0 Å². The number of aromatic nitrogens is 3. The lowest BCUT2D eigenvalue weighted by atomic mass is 9.94. The summed E-state index contributed by atoms with van der Waals surface area (Å²) in [4.78, 5) is 15.3. The number of nitrogens with zero attached hydrogens (tertiary/aromatic N) is 3. The Morgan fingerprint density at radius 3 is 1.78 bits per heavy atom. The van der Waals surface area contributed by atoms with Crippen LogP contribution >= 0.6 is 0 Å². The van der Waals surface area contributed by atoms with Crippen LogP contribution in [0.4, 0.5) is 0 Å². The highest BCUT2D eigenvalue weighted by molar-refractivity contribution is 6.14. The van der Waals surface area contributed by atoms with E-state index >= 15 is 0 Å². The lowest BCUT2D eigenvalue weighted by molar-refractivity contribution is 0.669. The zero-order valence-electron chi connectivity index (χ0n) is 24.2. The van der Waals surface area contributed by atoms with Gasteiger partial charge < -0.3 is 4.42 Å². The maximum atomic E-state index is 6.41. The van der Waals surface area contributed by atoms with Crippen LogP contribution in [0.15, 0.2) is 156 Å². The van der Waals surface area contributed by atoms with Crippen molar-refractivity contribution in [2.45, 2.75) is 0 Å². The Hall–Kier alpha value is -6.13. The van der Waals surface area contributed by atoms with Gasteiger partial charge in [-0.05, 0) is 56.9 Å². The van der Waals surface area contributed by atoms with Crippen LogP contribution in [-0.2, 0) is 0 Å². The molecule has 0 N–H and O–H groups in total. The van der Waals surface area contributed by atoms with Gasteiger partial charge in [0.25, 0.3) is 0 Å². The van der Waals surface area contributed by atoms with Crippen molar-refractivity contribution in [3.8, 4) is 45.3 Å². The first-order valence-electron chi connectivity index (χ1n) is 15.0. The molecule has 9 aromatic rings. The fourth-order valence-corrected chi connectivity index (χ4v) is 6.37. The van der Waals surface area contributed by atoms with E-state index in [1.54, 1.807) is 0 Å². The van der Waals surface area contributed by atoms with Gasteiger partial charge in [0.15, 0.2) is 17.5 Å². The largest absolute Gasteiger partial charge is 0.455 e. The van der Waals surface area contributed by atoms with Gasteiger partial charge in [0.2, 0.25) is 0 Å². The average molecular weight is 576 g/mol. The maximum Gasteiger partial charge on any atom is 0.167 e. The van der Waals surface area contributed by atoms with Crippen molar-refractivity contribution in [3.05, 3.63) is 152 Å². The first-order valence-corrected chi connectivity index (χ1v) is 15.0. The van der Waals surface area contributed by atoms with Gasteiger partial charge in [0, 0.05) is 21.9 Å². The predicted molar refractivity (Wildman–Crippen MR) is 184 cm³/mol. The molecule has 2 aromatic heterocycles. The van der Waals surface area contributed by atoms with Crippen molar-refractivity contribution in [3.63, 3.8) is 0 Å². The van der Waals surface area contributed by atoms with E-state index in [0.29, 0.717) is 17.5 Å². The summed E-state index contributed by atoms with van der Waals surface area (Å²) in [7, 11) is 0. The molecule has 0 aliphatic heterocycles. The van der Waals surface area contributed by atoms with Gasteiger partial charge in [-0.1, -0.05) is 127 Å². The second-order valence-electron chi connectivity index (χ2n) is 11.2. The van der Waals surface area contributed by atoms with Gasteiger partial charge >= 0.3 is 0 Å². The first-order chi connectivity index (χ1) is 22.3. The Kier molecular flexibility index (Phi) is 5.78. The first kappa shape index (κ1) is 25.4. The minimum atomic E-state index is 0.575. The fourth-order valence-electron chi connectivity index (χ4n) is 6.37. The van der Waals surface area contributed by atoms with Gasteiger partial charge in [-0.25, -0.2) is 15.0 Å². The second-order valence-corrected chi connectivity index (χ2v) is 11.2. The van der Waals surface area contributed by atoms with Crippen molar-refractivity contribution in [2.24, 2.45) is 0 Å². The van der Waals surface area contributed by atoms with Crippen molar-refractivity contribution >= 4 is 43.5 Å². The van der Waals surface area contributed by atoms with Gasteiger partial charge in [-0.15, -0.1) is 0 Å². The smallest absolute Gasteiger partial charge is 0.167 e.